The highest BCUT2D eigenvalue weighted by Gasteiger charge is 2.27. The second kappa shape index (κ2) is 3.06. The molecule has 2 heterocycles. The number of nitrogens with two attached hydrogens (primary N) is 1. The van der Waals surface area contributed by atoms with Gasteiger partial charge in [0.15, 0.2) is 5.69 Å². The fraction of sp³-hybridized carbons (Fsp3) is 0.500. The third kappa shape index (κ3) is 1.37. The molecule has 3 N–H and O–H groups in total. The molecule has 0 fully saturated rings. The number of carboxylic acid groups (broad SMARTS) is 1. The van der Waals surface area contributed by atoms with Crippen LogP contribution in [0, 0.1) is 0 Å². The van der Waals surface area contributed by atoms with E-state index in [1.807, 2.05) is 0 Å². The molecule has 1 aromatic heterocycles. The Bertz CT molecular complexity index is 377. The Morgan fingerprint density at radius 3 is 3.14 bits per heavy atom. The van der Waals surface area contributed by atoms with Crippen LogP contribution in [-0.4, -0.2) is 26.8 Å². The summed E-state index contributed by atoms with van der Waals surface area (Å²) in [5.41, 5.74) is 5.55. The van der Waals surface area contributed by atoms with Crippen molar-refractivity contribution in [2.75, 3.05) is 0 Å². The molecule has 2 unspecified atom stereocenters. The Hall–Kier alpha value is -1.43. The fourth-order valence-electron chi connectivity index (χ4n) is 1.64. The molecule has 0 saturated carbocycles. The first-order chi connectivity index (χ1) is 6.58. The number of imidazole rings is 1. The van der Waals surface area contributed by atoms with Crippen LogP contribution in [0.25, 0.3) is 0 Å². The number of rotatable bonds is 1. The molecule has 0 bridgehead atoms. The maximum atomic E-state index is 13.0. The van der Waals surface area contributed by atoms with E-state index in [-0.39, 0.29) is 18.7 Å². The Morgan fingerprint density at radius 1 is 1.79 bits per heavy atom. The van der Waals surface area contributed by atoms with E-state index >= 15 is 0 Å². The molecule has 2 atom stereocenters. The molecule has 0 aromatic carbocycles. The zero-order valence-electron chi connectivity index (χ0n) is 7.35. The standard InChI is InChI=1S/C8H10FN3O2/c9-4-1-5(10)7-11-6(8(13)14)3-12(7)2-4/h3-5H,1-2,10H2,(H,13,14). The molecule has 1 aliphatic heterocycles. The molecular formula is C8H10FN3O2. The predicted octanol–water partition coefficient (Wildman–Crippen LogP) is 0.323. The Morgan fingerprint density at radius 2 is 2.50 bits per heavy atom. The largest absolute Gasteiger partial charge is 0.476 e. The Balaban J connectivity index is 2.40. The van der Waals surface area contributed by atoms with Crippen LogP contribution in [0.2, 0.25) is 0 Å². The minimum Gasteiger partial charge on any atom is -0.476 e. The number of alkyl halides is 1. The second-order valence-electron chi connectivity index (χ2n) is 3.38. The molecule has 5 nitrogen and oxygen atoms in total. The summed E-state index contributed by atoms with van der Waals surface area (Å²) in [5, 5.41) is 8.68. The first-order valence-corrected chi connectivity index (χ1v) is 4.28. The van der Waals surface area contributed by atoms with E-state index in [1.54, 1.807) is 0 Å². The lowest BCUT2D eigenvalue weighted by atomic mass is 10.1. The highest BCUT2D eigenvalue weighted by molar-refractivity contribution is 5.85. The van der Waals surface area contributed by atoms with Gasteiger partial charge >= 0.3 is 5.97 Å². The van der Waals surface area contributed by atoms with E-state index < -0.39 is 18.2 Å². The lowest BCUT2D eigenvalue weighted by Gasteiger charge is -2.22. The number of aromatic nitrogens is 2. The van der Waals surface area contributed by atoms with Crippen molar-refractivity contribution < 1.29 is 14.3 Å². The third-order valence-electron chi connectivity index (χ3n) is 2.26. The van der Waals surface area contributed by atoms with Crippen LogP contribution in [-0.2, 0) is 6.54 Å². The lowest BCUT2D eigenvalue weighted by molar-refractivity contribution is 0.0691. The van der Waals surface area contributed by atoms with Crippen molar-refractivity contribution in [3.63, 3.8) is 0 Å². The molecule has 6 heteroatoms. The lowest BCUT2D eigenvalue weighted by Crippen LogP contribution is -2.29. The zero-order chi connectivity index (χ0) is 10.3. The van der Waals surface area contributed by atoms with Crippen LogP contribution >= 0.6 is 0 Å². The summed E-state index contributed by atoms with van der Waals surface area (Å²) in [4.78, 5) is 14.4. The van der Waals surface area contributed by atoms with E-state index in [1.165, 1.54) is 10.8 Å². The molecular weight excluding hydrogens is 189 g/mol. The topological polar surface area (TPSA) is 81.1 Å². The van der Waals surface area contributed by atoms with Gasteiger partial charge < -0.3 is 15.4 Å². The van der Waals surface area contributed by atoms with Gasteiger partial charge in [-0.3, -0.25) is 0 Å². The highest BCUT2D eigenvalue weighted by Crippen LogP contribution is 2.24. The average Bonchev–Trinajstić information content (AvgIpc) is 2.47. The van der Waals surface area contributed by atoms with Gasteiger partial charge in [0.2, 0.25) is 0 Å². The maximum absolute atomic E-state index is 13.0. The molecule has 1 aliphatic rings. The Kier molecular flexibility index (Phi) is 1.99. The number of aromatic carboxylic acids is 1. The van der Waals surface area contributed by atoms with Crippen molar-refractivity contribution >= 4 is 5.97 Å². The van der Waals surface area contributed by atoms with E-state index in [4.69, 9.17) is 10.8 Å². The quantitative estimate of drug-likeness (QED) is 0.682. The number of hydrogen-bond acceptors (Lipinski definition) is 3. The van der Waals surface area contributed by atoms with E-state index in [0.717, 1.165) is 0 Å². The molecule has 0 saturated heterocycles. The molecule has 0 spiro atoms. The van der Waals surface area contributed by atoms with E-state index in [0.29, 0.717) is 5.82 Å². The van der Waals surface area contributed by atoms with Gasteiger partial charge in [-0.1, -0.05) is 0 Å². The number of nitrogens with zero attached hydrogens (tertiary/aromatic N) is 2. The minimum absolute atomic E-state index is 0.0791. The van der Waals surface area contributed by atoms with Gasteiger partial charge in [-0.25, -0.2) is 14.2 Å². The SMILES string of the molecule is NC1CC(F)Cn2cc(C(=O)O)nc21. The average molecular weight is 199 g/mol. The summed E-state index contributed by atoms with van der Waals surface area (Å²) < 4.78 is 14.5. The van der Waals surface area contributed by atoms with Crippen LogP contribution in [0.3, 0.4) is 0 Å². The zero-order valence-corrected chi connectivity index (χ0v) is 7.35. The summed E-state index contributed by atoms with van der Waals surface area (Å²) in [6.07, 6.45) is 0.507. The smallest absolute Gasteiger partial charge is 0.356 e. The van der Waals surface area contributed by atoms with Gasteiger partial charge in [0.25, 0.3) is 0 Å². The molecule has 0 aliphatic carbocycles. The monoisotopic (exact) mass is 199 g/mol. The fourth-order valence-corrected chi connectivity index (χ4v) is 1.64. The van der Waals surface area contributed by atoms with Gasteiger partial charge in [0, 0.05) is 12.6 Å². The van der Waals surface area contributed by atoms with Crippen molar-refractivity contribution in [1.29, 1.82) is 0 Å². The summed E-state index contributed by atoms with van der Waals surface area (Å²) in [5.74, 6) is -0.661. The molecule has 1 aromatic rings. The van der Waals surface area contributed by atoms with Gasteiger partial charge in [0.1, 0.15) is 12.0 Å². The number of fused-ring (bicyclic) bond motifs is 1. The number of carboxylic acids is 1. The minimum atomic E-state index is -1.12. The normalized spacial score (nSPS) is 25.9. The first kappa shape index (κ1) is 9.14. The van der Waals surface area contributed by atoms with Crippen LogP contribution < -0.4 is 5.73 Å². The third-order valence-corrected chi connectivity index (χ3v) is 2.26. The van der Waals surface area contributed by atoms with Crippen molar-refractivity contribution in [3.05, 3.63) is 17.7 Å². The van der Waals surface area contributed by atoms with Crippen molar-refractivity contribution in [1.82, 2.24) is 9.55 Å². The van der Waals surface area contributed by atoms with Crippen molar-refractivity contribution in [2.24, 2.45) is 5.73 Å². The van der Waals surface area contributed by atoms with Crippen LogP contribution in [0.15, 0.2) is 6.20 Å². The molecule has 0 radical (unpaired) electrons. The van der Waals surface area contributed by atoms with Gasteiger partial charge in [0.05, 0.1) is 12.6 Å². The maximum Gasteiger partial charge on any atom is 0.356 e. The molecule has 2 rings (SSSR count). The summed E-state index contributed by atoms with van der Waals surface area (Å²) in [7, 11) is 0. The molecule has 14 heavy (non-hydrogen) atoms. The predicted molar refractivity (Wildman–Crippen MR) is 45.6 cm³/mol. The van der Waals surface area contributed by atoms with Crippen LogP contribution in [0.1, 0.15) is 28.8 Å². The van der Waals surface area contributed by atoms with Crippen LogP contribution in [0.5, 0.6) is 0 Å². The molecule has 0 amide bonds. The molecule has 76 valence electrons. The highest BCUT2D eigenvalue weighted by atomic mass is 19.1. The summed E-state index contributed by atoms with van der Waals surface area (Å²) >= 11 is 0. The summed E-state index contributed by atoms with van der Waals surface area (Å²) in [6, 6.07) is -0.508. The number of hydrogen-bond donors (Lipinski definition) is 2. The van der Waals surface area contributed by atoms with Gasteiger partial charge in [-0.2, -0.15) is 0 Å². The Labute approximate surface area is 79.4 Å². The van der Waals surface area contributed by atoms with Gasteiger partial charge in [-0.05, 0) is 0 Å². The van der Waals surface area contributed by atoms with Crippen LogP contribution in [0.4, 0.5) is 4.39 Å². The van der Waals surface area contributed by atoms with Crippen molar-refractivity contribution in [3.8, 4) is 0 Å². The van der Waals surface area contributed by atoms with Gasteiger partial charge in [-0.15, -0.1) is 0 Å². The number of carbonyl (C=O) groups is 1. The number of halogens is 1. The first-order valence-electron chi connectivity index (χ1n) is 4.28. The summed E-state index contributed by atoms with van der Waals surface area (Å²) in [6.45, 7) is 0.142. The van der Waals surface area contributed by atoms with Crippen molar-refractivity contribution in [2.45, 2.75) is 25.2 Å². The second-order valence-corrected chi connectivity index (χ2v) is 3.38. The van der Waals surface area contributed by atoms with E-state index in [2.05, 4.69) is 4.98 Å². The van der Waals surface area contributed by atoms with E-state index in [9.17, 15) is 9.18 Å².